The summed E-state index contributed by atoms with van der Waals surface area (Å²) in [5.41, 5.74) is 2.46. The van der Waals surface area contributed by atoms with Gasteiger partial charge in [-0.3, -0.25) is 9.59 Å². The van der Waals surface area contributed by atoms with Crippen molar-refractivity contribution in [2.24, 2.45) is 0 Å². The van der Waals surface area contributed by atoms with Crippen LogP contribution in [0.5, 0.6) is 0 Å². The van der Waals surface area contributed by atoms with Crippen LogP contribution in [-0.2, 0) is 4.79 Å². The van der Waals surface area contributed by atoms with E-state index in [0.29, 0.717) is 27.0 Å². The molecule has 0 radical (unpaired) electrons. The van der Waals surface area contributed by atoms with Gasteiger partial charge in [0.1, 0.15) is 0 Å². The van der Waals surface area contributed by atoms with Gasteiger partial charge in [0, 0.05) is 23.9 Å². The van der Waals surface area contributed by atoms with Crippen LogP contribution in [-0.4, -0.2) is 11.8 Å². The van der Waals surface area contributed by atoms with E-state index >= 15 is 0 Å². The van der Waals surface area contributed by atoms with Crippen molar-refractivity contribution in [2.45, 2.75) is 13.8 Å². The van der Waals surface area contributed by atoms with Gasteiger partial charge in [-0.15, -0.1) is 0 Å². The van der Waals surface area contributed by atoms with E-state index in [2.05, 4.69) is 10.6 Å². The van der Waals surface area contributed by atoms with E-state index in [1.54, 1.807) is 36.4 Å². The van der Waals surface area contributed by atoms with E-state index in [1.165, 1.54) is 6.92 Å². The quantitative estimate of drug-likeness (QED) is 0.866. The number of halogens is 2. The zero-order valence-electron chi connectivity index (χ0n) is 12.0. The van der Waals surface area contributed by atoms with Gasteiger partial charge in [0.05, 0.1) is 10.0 Å². The summed E-state index contributed by atoms with van der Waals surface area (Å²) >= 11 is 11.8. The Labute approximate surface area is 138 Å². The van der Waals surface area contributed by atoms with Crippen molar-refractivity contribution in [3.63, 3.8) is 0 Å². The molecule has 2 aromatic carbocycles. The average Bonchev–Trinajstić information content (AvgIpc) is 2.44. The lowest BCUT2D eigenvalue weighted by molar-refractivity contribution is -0.114. The van der Waals surface area contributed by atoms with Crippen LogP contribution in [0.1, 0.15) is 22.8 Å². The molecule has 6 heteroatoms. The van der Waals surface area contributed by atoms with Crippen molar-refractivity contribution in [3.05, 3.63) is 57.6 Å². The number of carbonyl (C=O) groups is 2. The van der Waals surface area contributed by atoms with E-state index in [0.717, 1.165) is 5.56 Å². The maximum atomic E-state index is 12.3. The lowest BCUT2D eigenvalue weighted by Gasteiger charge is -2.10. The summed E-state index contributed by atoms with van der Waals surface area (Å²) < 4.78 is 0. The third kappa shape index (κ3) is 4.00. The van der Waals surface area contributed by atoms with Gasteiger partial charge in [-0.05, 0) is 42.8 Å². The first-order valence-corrected chi connectivity index (χ1v) is 7.27. The van der Waals surface area contributed by atoms with Gasteiger partial charge >= 0.3 is 0 Å². The van der Waals surface area contributed by atoms with E-state index < -0.39 is 0 Å². The van der Waals surface area contributed by atoms with Crippen molar-refractivity contribution in [2.75, 3.05) is 10.6 Å². The fraction of sp³-hybridized carbons (Fsp3) is 0.125. The van der Waals surface area contributed by atoms with E-state index in [-0.39, 0.29) is 11.8 Å². The Morgan fingerprint density at radius 1 is 0.955 bits per heavy atom. The Kier molecular flexibility index (Phi) is 5.06. The maximum absolute atomic E-state index is 12.3. The Hall–Kier alpha value is -2.04. The molecule has 4 nitrogen and oxygen atoms in total. The molecule has 0 fully saturated rings. The van der Waals surface area contributed by atoms with Gasteiger partial charge in [0.25, 0.3) is 5.91 Å². The number of aryl methyl sites for hydroxylation is 1. The van der Waals surface area contributed by atoms with Crippen molar-refractivity contribution < 1.29 is 9.59 Å². The number of anilines is 2. The zero-order valence-corrected chi connectivity index (χ0v) is 13.5. The lowest BCUT2D eigenvalue weighted by atomic mass is 10.1. The fourth-order valence-corrected chi connectivity index (χ4v) is 2.16. The van der Waals surface area contributed by atoms with E-state index in [1.807, 2.05) is 6.92 Å². The van der Waals surface area contributed by atoms with Gasteiger partial charge in [0.15, 0.2) is 0 Å². The highest BCUT2D eigenvalue weighted by Crippen LogP contribution is 2.25. The molecule has 0 aliphatic carbocycles. The van der Waals surface area contributed by atoms with Crippen LogP contribution < -0.4 is 10.6 Å². The van der Waals surface area contributed by atoms with E-state index in [9.17, 15) is 9.59 Å². The Morgan fingerprint density at radius 2 is 1.68 bits per heavy atom. The van der Waals surface area contributed by atoms with Crippen molar-refractivity contribution in [1.29, 1.82) is 0 Å². The molecule has 2 N–H and O–H groups in total. The summed E-state index contributed by atoms with van der Waals surface area (Å²) in [6, 6.07) is 9.93. The number of amides is 2. The Balaban J connectivity index is 2.22. The van der Waals surface area contributed by atoms with Crippen molar-refractivity contribution in [1.82, 2.24) is 0 Å². The van der Waals surface area contributed by atoms with Crippen LogP contribution >= 0.6 is 23.2 Å². The first-order chi connectivity index (χ1) is 10.4. The minimum Gasteiger partial charge on any atom is -0.326 e. The second-order valence-electron chi connectivity index (χ2n) is 4.79. The number of benzene rings is 2. The number of carbonyl (C=O) groups excluding carboxylic acids is 2. The summed E-state index contributed by atoms with van der Waals surface area (Å²) in [5.74, 6) is -0.491. The van der Waals surface area contributed by atoms with Crippen LogP contribution in [0.3, 0.4) is 0 Å². The van der Waals surface area contributed by atoms with Crippen molar-refractivity contribution in [3.8, 4) is 0 Å². The summed E-state index contributed by atoms with van der Waals surface area (Å²) in [6.07, 6.45) is 0. The van der Waals surface area contributed by atoms with Crippen LogP contribution in [0, 0.1) is 6.92 Å². The molecule has 2 rings (SSSR count). The standard InChI is InChI=1S/C16H14Cl2N2O2/c1-9-3-4-11(7-15(9)19-10(2)21)16(22)20-12-5-6-13(17)14(18)8-12/h3-8H,1-2H3,(H,19,21)(H,20,22). The minimum atomic E-state index is -0.301. The molecule has 0 saturated carbocycles. The molecule has 0 bridgehead atoms. The smallest absolute Gasteiger partial charge is 0.255 e. The molecule has 0 unspecified atom stereocenters. The molecule has 22 heavy (non-hydrogen) atoms. The monoisotopic (exact) mass is 336 g/mol. The van der Waals surface area contributed by atoms with Crippen LogP contribution in [0.4, 0.5) is 11.4 Å². The predicted octanol–water partition coefficient (Wildman–Crippen LogP) is 4.51. The molecular formula is C16H14Cl2N2O2. The first kappa shape index (κ1) is 16.3. The predicted molar refractivity (Wildman–Crippen MR) is 89.9 cm³/mol. The number of rotatable bonds is 3. The topological polar surface area (TPSA) is 58.2 Å². The highest BCUT2D eigenvalue weighted by atomic mass is 35.5. The van der Waals surface area contributed by atoms with Crippen molar-refractivity contribution >= 4 is 46.4 Å². The molecule has 0 aliphatic heterocycles. The molecule has 0 aromatic heterocycles. The molecular weight excluding hydrogens is 323 g/mol. The second-order valence-corrected chi connectivity index (χ2v) is 5.61. The molecule has 2 aromatic rings. The highest BCUT2D eigenvalue weighted by Gasteiger charge is 2.10. The molecule has 114 valence electrons. The average molecular weight is 337 g/mol. The minimum absolute atomic E-state index is 0.190. The second kappa shape index (κ2) is 6.81. The first-order valence-electron chi connectivity index (χ1n) is 6.51. The summed E-state index contributed by atoms with van der Waals surface area (Å²) in [5, 5.41) is 6.21. The van der Waals surface area contributed by atoms with Crippen LogP contribution in [0.25, 0.3) is 0 Å². The molecule has 0 saturated heterocycles. The molecule has 0 spiro atoms. The number of nitrogens with one attached hydrogen (secondary N) is 2. The maximum Gasteiger partial charge on any atom is 0.255 e. The van der Waals surface area contributed by atoms with Gasteiger partial charge < -0.3 is 10.6 Å². The fourth-order valence-electron chi connectivity index (χ4n) is 1.86. The SMILES string of the molecule is CC(=O)Nc1cc(C(=O)Nc2ccc(Cl)c(Cl)c2)ccc1C. The van der Waals surface area contributed by atoms with Gasteiger partial charge in [0.2, 0.25) is 5.91 Å². The third-order valence-electron chi connectivity index (χ3n) is 2.99. The molecule has 0 heterocycles. The summed E-state index contributed by atoms with van der Waals surface area (Å²) in [7, 11) is 0. The van der Waals surface area contributed by atoms with Gasteiger partial charge in [-0.25, -0.2) is 0 Å². The normalized spacial score (nSPS) is 10.2. The lowest BCUT2D eigenvalue weighted by Crippen LogP contribution is -2.13. The molecule has 0 aliphatic rings. The molecule has 2 amide bonds. The van der Waals surface area contributed by atoms with E-state index in [4.69, 9.17) is 23.2 Å². The summed E-state index contributed by atoms with van der Waals surface area (Å²) in [6.45, 7) is 3.27. The largest absolute Gasteiger partial charge is 0.326 e. The number of hydrogen-bond acceptors (Lipinski definition) is 2. The van der Waals surface area contributed by atoms with Crippen LogP contribution in [0.2, 0.25) is 10.0 Å². The number of hydrogen-bond donors (Lipinski definition) is 2. The third-order valence-corrected chi connectivity index (χ3v) is 3.73. The van der Waals surface area contributed by atoms with Gasteiger partial charge in [-0.2, -0.15) is 0 Å². The Bertz CT molecular complexity index is 745. The summed E-state index contributed by atoms with van der Waals surface area (Å²) in [4.78, 5) is 23.4. The Morgan fingerprint density at radius 3 is 2.32 bits per heavy atom. The van der Waals surface area contributed by atoms with Gasteiger partial charge in [-0.1, -0.05) is 29.3 Å². The van der Waals surface area contributed by atoms with Crippen LogP contribution in [0.15, 0.2) is 36.4 Å². The zero-order chi connectivity index (χ0) is 16.3. The highest BCUT2D eigenvalue weighted by molar-refractivity contribution is 6.42. The molecule has 0 atom stereocenters.